The molecule has 0 bridgehead atoms. The van der Waals surface area contributed by atoms with E-state index >= 15 is 0 Å². The van der Waals surface area contributed by atoms with Gasteiger partial charge in [0.1, 0.15) is 11.2 Å². The van der Waals surface area contributed by atoms with Crippen LogP contribution < -0.4 is 9.80 Å². The molecule has 0 radical (unpaired) electrons. The number of fused-ring (bicyclic) bond motifs is 15. The zero-order valence-electron chi connectivity index (χ0n) is 56.5. The molecule has 0 saturated heterocycles. The molecule has 5 aromatic heterocycles. The van der Waals surface area contributed by atoms with Gasteiger partial charge in [0, 0.05) is 109 Å². The molecule has 0 N–H and O–H groups in total. The summed E-state index contributed by atoms with van der Waals surface area (Å²) in [6.45, 7) is 0. The second-order valence-electron chi connectivity index (χ2n) is 26.8. The van der Waals surface area contributed by atoms with Gasteiger partial charge in [0.25, 0.3) is 0 Å². The predicted octanol–water partition coefficient (Wildman–Crippen LogP) is 26.5. The van der Waals surface area contributed by atoms with Gasteiger partial charge in [-0.25, -0.2) is 19.9 Å². The molecule has 0 atom stereocenters. The number of thiophene rings is 1. The SMILES string of the molecule is c1ccc(-c2ccc(N(c3ccccc3)c3ccc(-c4nc(-c5cc(-c6ccc(N(c7ccccc7)c7ccc8c9ccccc9n(-c9nc(-c%10cccc%11c%10oc%10c%12ccccc%12ccc%11%10)c%10ccccc%10n9)c8c7)cc6)cc6sc7c8ccccc8ccc7c56)c5ccccc5n4)cc3)cc2)cc1. The molecule has 0 unspecified atom stereocenters. The van der Waals surface area contributed by atoms with Gasteiger partial charge in [-0.3, -0.25) is 4.57 Å². The lowest BCUT2D eigenvalue weighted by atomic mass is 9.94. The van der Waals surface area contributed by atoms with Crippen LogP contribution in [0.4, 0.5) is 34.1 Å². The second kappa shape index (κ2) is 24.5. The van der Waals surface area contributed by atoms with Crippen molar-refractivity contribution in [2.75, 3.05) is 9.80 Å². The molecule has 21 aromatic rings. The number of hydrogen-bond acceptors (Lipinski definition) is 8. The van der Waals surface area contributed by atoms with Crippen molar-refractivity contribution in [3.63, 3.8) is 0 Å². The molecular weight excluding hydrogens is 1300 g/mol. The van der Waals surface area contributed by atoms with E-state index in [1.807, 2.05) is 11.3 Å². The van der Waals surface area contributed by atoms with E-state index in [1.54, 1.807) is 0 Å². The summed E-state index contributed by atoms with van der Waals surface area (Å²) >= 11 is 1.85. The van der Waals surface area contributed by atoms with Gasteiger partial charge in [0.2, 0.25) is 5.95 Å². The van der Waals surface area contributed by atoms with Crippen molar-refractivity contribution in [2.45, 2.75) is 0 Å². The van der Waals surface area contributed by atoms with Gasteiger partial charge in [-0.15, -0.1) is 11.3 Å². The van der Waals surface area contributed by atoms with Crippen LogP contribution in [0.2, 0.25) is 0 Å². The Hall–Kier alpha value is -13.9. The molecule has 490 valence electrons. The molecule has 0 aliphatic heterocycles. The van der Waals surface area contributed by atoms with E-state index in [2.05, 4.69) is 372 Å². The molecule has 21 rings (SSSR count). The van der Waals surface area contributed by atoms with Crippen molar-refractivity contribution < 1.29 is 4.42 Å². The van der Waals surface area contributed by atoms with Crippen LogP contribution in [0.1, 0.15) is 0 Å². The number of furan rings is 1. The largest absolute Gasteiger partial charge is 0.455 e. The maximum Gasteiger partial charge on any atom is 0.235 e. The number of nitrogens with zero attached hydrogens (tertiary/aromatic N) is 7. The highest BCUT2D eigenvalue weighted by Gasteiger charge is 2.25. The van der Waals surface area contributed by atoms with Gasteiger partial charge in [-0.05, 0) is 166 Å². The Balaban J connectivity index is 0.688. The fraction of sp³-hybridized carbons (Fsp3) is 0. The summed E-state index contributed by atoms with van der Waals surface area (Å²) in [6.07, 6.45) is 0. The molecule has 0 fully saturated rings. The first-order valence-electron chi connectivity index (χ1n) is 35.4. The van der Waals surface area contributed by atoms with E-state index in [-0.39, 0.29) is 0 Å². The van der Waals surface area contributed by atoms with Crippen LogP contribution in [-0.4, -0.2) is 24.5 Å². The summed E-state index contributed by atoms with van der Waals surface area (Å²) in [6, 6.07) is 128. The van der Waals surface area contributed by atoms with Gasteiger partial charge in [0.15, 0.2) is 5.82 Å². The predicted molar refractivity (Wildman–Crippen MR) is 439 cm³/mol. The minimum absolute atomic E-state index is 0.567. The number of rotatable bonds is 12. The third-order valence-corrected chi connectivity index (χ3v) is 22.0. The smallest absolute Gasteiger partial charge is 0.235 e. The summed E-state index contributed by atoms with van der Waals surface area (Å²) in [5.41, 5.74) is 20.6. The molecular formula is C96H59N7OS. The fourth-order valence-electron chi connectivity index (χ4n) is 15.8. The third-order valence-electron chi connectivity index (χ3n) is 20.8. The van der Waals surface area contributed by atoms with E-state index in [0.29, 0.717) is 11.8 Å². The number of para-hydroxylation sites is 6. The van der Waals surface area contributed by atoms with Gasteiger partial charge >= 0.3 is 0 Å². The van der Waals surface area contributed by atoms with E-state index in [1.165, 1.54) is 42.1 Å². The van der Waals surface area contributed by atoms with Crippen molar-refractivity contribution in [1.82, 2.24) is 24.5 Å². The highest BCUT2D eigenvalue weighted by Crippen LogP contribution is 2.49. The zero-order chi connectivity index (χ0) is 69.1. The maximum absolute atomic E-state index is 6.98. The lowest BCUT2D eigenvalue weighted by Crippen LogP contribution is -2.10. The topological polar surface area (TPSA) is 76.1 Å². The molecule has 0 saturated carbocycles. The first-order chi connectivity index (χ1) is 52.0. The molecule has 5 heterocycles. The second-order valence-corrected chi connectivity index (χ2v) is 27.9. The molecule has 0 amide bonds. The average molecular weight is 1360 g/mol. The summed E-state index contributed by atoms with van der Waals surface area (Å²) < 4.78 is 11.7. The van der Waals surface area contributed by atoms with Crippen LogP contribution in [0.5, 0.6) is 0 Å². The van der Waals surface area contributed by atoms with Crippen molar-refractivity contribution in [3.8, 4) is 62.1 Å². The van der Waals surface area contributed by atoms with Crippen molar-refractivity contribution in [1.29, 1.82) is 0 Å². The minimum atomic E-state index is 0.567. The molecule has 9 heteroatoms. The minimum Gasteiger partial charge on any atom is -0.455 e. The summed E-state index contributed by atoms with van der Waals surface area (Å²) in [7, 11) is 0. The first-order valence-corrected chi connectivity index (χ1v) is 36.2. The Morgan fingerprint density at radius 3 is 1.44 bits per heavy atom. The summed E-state index contributed by atoms with van der Waals surface area (Å²) in [4.78, 5) is 26.7. The van der Waals surface area contributed by atoms with E-state index < -0.39 is 0 Å². The lowest BCUT2D eigenvalue weighted by Gasteiger charge is -2.26. The summed E-state index contributed by atoms with van der Waals surface area (Å²) in [5, 5.41) is 13.3. The van der Waals surface area contributed by atoms with Gasteiger partial charge in [-0.2, -0.15) is 0 Å². The fourth-order valence-corrected chi connectivity index (χ4v) is 17.1. The molecule has 105 heavy (non-hydrogen) atoms. The third kappa shape index (κ3) is 10.0. The number of benzene rings is 16. The molecule has 8 nitrogen and oxygen atoms in total. The van der Waals surface area contributed by atoms with Crippen LogP contribution in [0.15, 0.2) is 362 Å². The highest BCUT2D eigenvalue weighted by molar-refractivity contribution is 7.26. The normalized spacial score (nSPS) is 11.8. The lowest BCUT2D eigenvalue weighted by molar-refractivity contribution is 0.673. The van der Waals surface area contributed by atoms with Crippen LogP contribution in [0.3, 0.4) is 0 Å². The zero-order valence-corrected chi connectivity index (χ0v) is 57.3. The number of hydrogen-bond donors (Lipinski definition) is 0. The summed E-state index contributed by atoms with van der Waals surface area (Å²) in [5.74, 6) is 1.22. The van der Waals surface area contributed by atoms with Crippen molar-refractivity contribution in [3.05, 3.63) is 358 Å². The van der Waals surface area contributed by atoms with E-state index in [4.69, 9.17) is 24.4 Å². The molecule has 16 aromatic carbocycles. The van der Waals surface area contributed by atoms with Crippen molar-refractivity contribution >= 4 is 153 Å². The molecule has 0 aliphatic carbocycles. The van der Waals surface area contributed by atoms with Crippen LogP contribution in [-0.2, 0) is 0 Å². The number of aromatic nitrogens is 5. The van der Waals surface area contributed by atoms with Gasteiger partial charge in [-0.1, -0.05) is 231 Å². The van der Waals surface area contributed by atoms with E-state index in [9.17, 15) is 0 Å². The van der Waals surface area contributed by atoms with Crippen LogP contribution >= 0.6 is 11.3 Å². The molecule has 0 aliphatic rings. The van der Waals surface area contributed by atoms with Crippen LogP contribution in [0, 0.1) is 0 Å². The quantitative estimate of drug-likeness (QED) is 0.121. The highest BCUT2D eigenvalue weighted by atomic mass is 32.1. The Kier molecular flexibility index (Phi) is 14.0. The van der Waals surface area contributed by atoms with Gasteiger partial charge < -0.3 is 14.2 Å². The Bertz CT molecular complexity index is 7010. The van der Waals surface area contributed by atoms with Gasteiger partial charge in [0.05, 0.1) is 33.5 Å². The molecule has 0 spiro atoms. The van der Waals surface area contributed by atoms with Crippen molar-refractivity contribution in [2.24, 2.45) is 0 Å². The standard InChI is InChI=1S/C96H59N7OS/c1-4-21-60(22-5-1)61-39-47-69(48-40-61)101(67-25-6-2-7-26-67)70-51-43-65(44-52-70)95-97-84-36-17-14-32-79(84)91(99-95)83-57-66(58-88-89(83)81-55-46-64-24-11-13-30-74(64)94(81)105-88)62-41-49-71(50-42-62)102(68-27-8-3-9-28-68)72-53-56-76-75-31-16-19-38-86(75)103(87(76)59-72)96-98-85-37-18-15-33-80(85)90(100-96)82-35-20-34-77-78-54-45-63-23-10-12-29-73(63)92(78)104-93(77)82/h1-59H. The average Bonchev–Trinajstić information content (AvgIpc) is 1.60. The monoisotopic (exact) mass is 1360 g/mol. The maximum atomic E-state index is 6.98. The Labute approximate surface area is 607 Å². The van der Waals surface area contributed by atoms with Crippen LogP contribution in [0.25, 0.3) is 169 Å². The Morgan fingerprint density at radius 1 is 0.276 bits per heavy atom. The Morgan fingerprint density at radius 2 is 0.752 bits per heavy atom. The first kappa shape index (κ1) is 60.0. The van der Waals surface area contributed by atoms with E-state index in [0.717, 1.165) is 150 Å². The number of anilines is 6.